The second-order valence-corrected chi connectivity index (χ2v) is 9.71. The Morgan fingerprint density at radius 2 is 1.81 bits per heavy atom. The number of ether oxygens (including phenoxy) is 1. The summed E-state index contributed by atoms with van der Waals surface area (Å²) in [6.07, 6.45) is 3.39. The molecule has 0 bridgehead atoms. The van der Waals surface area contributed by atoms with Crippen LogP contribution >= 0.6 is 11.8 Å². The van der Waals surface area contributed by atoms with Crippen molar-refractivity contribution in [1.29, 1.82) is 0 Å². The molecule has 188 valence electrons. The molecule has 7 heteroatoms. The van der Waals surface area contributed by atoms with E-state index in [1.165, 1.54) is 11.8 Å². The molecule has 0 aliphatic heterocycles. The van der Waals surface area contributed by atoms with Crippen LogP contribution in [-0.2, 0) is 13.5 Å². The maximum absolute atomic E-state index is 13.4. The van der Waals surface area contributed by atoms with Crippen molar-refractivity contribution in [3.8, 4) is 16.9 Å². The van der Waals surface area contributed by atoms with Crippen LogP contribution in [0.4, 0.5) is 0 Å². The van der Waals surface area contributed by atoms with Crippen LogP contribution in [0.15, 0.2) is 77.8 Å². The van der Waals surface area contributed by atoms with Gasteiger partial charge in [-0.05, 0) is 59.9 Å². The molecule has 0 saturated carbocycles. The molecule has 1 amide bonds. The van der Waals surface area contributed by atoms with E-state index in [1.807, 2.05) is 68.6 Å². The molecule has 0 radical (unpaired) electrons. The zero-order chi connectivity index (χ0) is 25.5. The van der Waals surface area contributed by atoms with Crippen LogP contribution in [0, 0.1) is 0 Å². The van der Waals surface area contributed by atoms with Crippen molar-refractivity contribution in [2.45, 2.75) is 30.7 Å². The zero-order valence-corrected chi connectivity index (χ0v) is 21.4. The lowest BCUT2D eigenvalue weighted by molar-refractivity contribution is 0.0912. The van der Waals surface area contributed by atoms with Crippen LogP contribution < -0.4 is 10.1 Å². The number of para-hydroxylation sites is 1. The molecule has 0 unspecified atom stereocenters. The van der Waals surface area contributed by atoms with Crippen LogP contribution in [-0.4, -0.2) is 45.9 Å². The van der Waals surface area contributed by atoms with Gasteiger partial charge >= 0.3 is 0 Å². The number of hydrogen-bond acceptors (Lipinski definition) is 5. The minimum atomic E-state index is -0.444. The fraction of sp³-hybridized carbons (Fsp3) is 0.276. The summed E-state index contributed by atoms with van der Waals surface area (Å²) in [5, 5.41) is 23.4. The van der Waals surface area contributed by atoms with Crippen molar-refractivity contribution >= 4 is 28.6 Å². The number of rotatable bonds is 11. The number of carbonyl (C=O) groups excluding carboxylic acids is 1. The van der Waals surface area contributed by atoms with Crippen molar-refractivity contribution in [1.82, 2.24) is 9.88 Å². The van der Waals surface area contributed by atoms with Gasteiger partial charge in [-0.3, -0.25) is 4.79 Å². The Morgan fingerprint density at radius 3 is 2.53 bits per heavy atom. The first-order valence-electron chi connectivity index (χ1n) is 12.1. The molecule has 3 N–H and O–H groups in total. The Hall–Kier alpha value is -3.26. The number of nitrogens with zero attached hydrogens (tertiary/aromatic N) is 1. The SMILES string of the molecule is CCCOc1ccc(-c2ccc(SCO)cc2)cc1C(=O)N[C@@H](CO)Cc1cn(C)c2ccccc12. The number of hydrogen-bond donors (Lipinski definition) is 3. The van der Waals surface area contributed by atoms with Gasteiger partial charge in [-0.15, -0.1) is 0 Å². The van der Waals surface area contributed by atoms with Crippen LogP contribution in [0.3, 0.4) is 0 Å². The minimum absolute atomic E-state index is 0.0257. The van der Waals surface area contributed by atoms with Gasteiger partial charge in [0.25, 0.3) is 5.91 Å². The largest absolute Gasteiger partial charge is 0.493 e. The molecule has 0 aliphatic carbocycles. The number of aromatic nitrogens is 1. The molecular weight excluding hydrogens is 472 g/mol. The molecule has 4 aromatic rings. The lowest BCUT2D eigenvalue weighted by Crippen LogP contribution is -2.39. The van der Waals surface area contributed by atoms with Crippen molar-refractivity contribution < 1.29 is 19.7 Å². The van der Waals surface area contributed by atoms with E-state index in [-0.39, 0.29) is 18.5 Å². The summed E-state index contributed by atoms with van der Waals surface area (Å²) in [5.41, 5.74) is 4.47. The smallest absolute Gasteiger partial charge is 0.255 e. The van der Waals surface area contributed by atoms with Crippen LogP contribution in [0.2, 0.25) is 0 Å². The number of carbonyl (C=O) groups is 1. The Bertz CT molecular complexity index is 1320. The highest BCUT2D eigenvalue weighted by Gasteiger charge is 2.20. The van der Waals surface area contributed by atoms with E-state index in [4.69, 9.17) is 9.84 Å². The second-order valence-electron chi connectivity index (χ2n) is 8.70. The Balaban J connectivity index is 1.58. The number of thioether (sulfide) groups is 1. The minimum Gasteiger partial charge on any atom is -0.493 e. The highest BCUT2D eigenvalue weighted by molar-refractivity contribution is 7.99. The highest BCUT2D eigenvalue weighted by atomic mass is 32.2. The summed E-state index contributed by atoms with van der Waals surface area (Å²) < 4.78 is 7.95. The van der Waals surface area contributed by atoms with Gasteiger partial charge in [-0.1, -0.05) is 55.1 Å². The molecule has 0 aliphatic rings. The number of nitrogens with one attached hydrogen (secondary N) is 1. The fourth-order valence-electron chi connectivity index (χ4n) is 4.32. The lowest BCUT2D eigenvalue weighted by atomic mass is 10.0. The van der Waals surface area contributed by atoms with Gasteiger partial charge in [0.05, 0.1) is 30.8 Å². The van der Waals surface area contributed by atoms with Crippen molar-refractivity contribution in [3.63, 3.8) is 0 Å². The monoisotopic (exact) mass is 504 g/mol. The van der Waals surface area contributed by atoms with E-state index in [9.17, 15) is 9.90 Å². The molecule has 6 nitrogen and oxygen atoms in total. The highest BCUT2D eigenvalue weighted by Crippen LogP contribution is 2.29. The Morgan fingerprint density at radius 1 is 1.06 bits per heavy atom. The number of aryl methyl sites for hydroxylation is 1. The first-order chi connectivity index (χ1) is 17.5. The van der Waals surface area contributed by atoms with Gasteiger partial charge in [0.1, 0.15) is 5.75 Å². The Kier molecular flexibility index (Phi) is 8.70. The summed E-state index contributed by atoms with van der Waals surface area (Å²) in [4.78, 5) is 14.4. The number of aliphatic hydroxyl groups is 2. The van der Waals surface area contributed by atoms with Gasteiger partial charge in [0.2, 0.25) is 0 Å². The molecule has 1 atom stereocenters. The van der Waals surface area contributed by atoms with E-state index in [0.717, 1.165) is 38.9 Å². The quantitative estimate of drug-likeness (QED) is 0.198. The van der Waals surface area contributed by atoms with Crippen LogP contribution in [0.1, 0.15) is 29.3 Å². The zero-order valence-electron chi connectivity index (χ0n) is 20.6. The molecule has 0 fully saturated rings. The van der Waals surface area contributed by atoms with E-state index in [0.29, 0.717) is 24.3 Å². The molecule has 3 aromatic carbocycles. The number of aliphatic hydroxyl groups excluding tert-OH is 2. The van der Waals surface area contributed by atoms with E-state index < -0.39 is 6.04 Å². The van der Waals surface area contributed by atoms with Gasteiger partial charge < -0.3 is 24.8 Å². The van der Waals surface area contributed by atoms with Crippen molar-refractivity contribution in [3.05, 3.63) is 84.1 Å². The average molecular weight is 505 g/mol. The number of fused-ring (bicyclic) bond motifs is 1. The summed E-state index contributed by atoms with van der Waals surface area (Å²) >= 11 is 1.36. The lowest BCUT2D eigenvalue weighted by Gasteiger charge is -2.18. The predicted octanol–water partition coefficient (Wildman–Crippen LogP) is 5.01. The van der Waals surface area contributed by atoms with Gasteiger partial charge in [-0.2, -0.15) is 0 Å². The fourth-order valence-corrected chi connectivity index (χ4v) is 4.80. The molecule has 0 saturated heterocycles. The summed E-state index contributed by atoms with van der Waals surface area (Å²) in [6, 6.07) is 21.1. The summed E-state index contributed by atoms with van der Waals surface area (Å²) in [7, 11) is 2.00. The first-order valence-corrected chi connectivity index (χ1v) is 13.1. The molecular formula is C29H32N2O4S. The van der Waals surface area contributed by atoms with Crippen LogP contribution in [0.5, 0.6) is 5.75 Å². The topological polar surface area (TPSA) is 83.7 Å². The van der Waals surface area contributed by atoms with Gasteiger partial charge in [0.15, 0.2) is 0 Å². The maximum atomic E-state index is 13.4. The molecule has 36 heavy (non-hydrogen) atoms. The van der Waals surface area contributed by atoms with Gasteiger partial charge in [-0.25, -0.2) is 0 Å². The number of amides is 1. The van der Waals surface area contributed by atoms with E-state index >= 15 is 0 Å². The van der Waals surface area contributed by atoms with Crippen LogP contribution in [0.25, 0.3) is 22.0 Å². The third-order valence-electron chi connectivity index (χ3n) is 6.11. The normalized spacial score (nSPS) is 12.0. The maximum Gasteiger partial charge on any atom is 0.255 e. The van der Waals surface area contributed by atoms with E-state index in [2.05, 4.69) is 28.2 Å². The summed E-state index contributed by atoms with van der Waals surface area (Å²) in [6.45, 7) is 2.35. The van der Waals surface area contributed by atoms with Gasteiger partial charge in [0, 0.05) is 29.0 Å². The molecule has 1 aromatic heterocycles. The van der Waals surface area contributed by atoms with E-state index in [1.54, 1.807) is 0 Å². The molecule has 0 spiro atoms. The number of benzene rings is 3. The molecule has 1 heterocycles. The van der Waals surface area contributed by atoms with Crippen molar-refractivity contribution in [2.75, 3.05) is 19.2 Å². The first kappa shape index (κ1) is 25.8. The second kappa shape index (κ2) is 12.1. The summed E-state index contributed by atoms with van der Waals surface area (Å²) in [5.74, 6) is 0.264. The Labute approximate surface area is 215 Å². The predicted molar refractivity (Wildman–Crippen MR) is 146 cm³/mol. The third-order valence-corrected chi connectivity index (χ3v) is 6.84. The van der Waals surface area contributed by atoms with Crippen molar-refractivity contribution in [2.24, 2.45) is 7.05 Å². The molecule has 4 rings (SSSR count). The third kappa shape index (κ3) is 5.93. The standard InChI is InChI=1S/C29H32N2O4S/c1-3-14-35-28-13-10-21(20-8-11-24(12-9-20)36-19-33)16-26(28)29(34)30-23(18-32)15-22-17-31(2)27-7-5-4-6-25(22)27/h4-13,16-17,23,32-33H,3,14-15,18-19H2,1-2H3,(H,30,34)/t23-/m1/s1. The average Bonchev–Trinajstić information content (AvgIpc) is 3.22.